The zero-order valence-corrected chi connectivity index (χ0v) is 17.6. The molecule has 154 valence electrons. The van der Waals surface area contributed by atoms with E-state index in [0.29, 0.717) is 18.4 Å². The van der Waals surface area contributed by atoms with Crippen LogP contribution in [-0.2, 0) is 17.6 Å². The number of aryl methyl sites for hydroxylation is 2. The van der Waals surface area contributed by atoms with Crippen molar-refractivity contribution in [3.8, 4) is 0 Å². The van der Waals surface area contributed by atoms with Gasteiger partial charge in [0.05, 0.1) is 6.54 Å². The second-order valence-corrected chi connectivity index (χ2v) is 9.21. The summed E-state index contributed by atoms with van der Waals surface area (Å²) in [5.74, 6) is 1.12. The summed E-state index contributed by atoms with van der Waals surface area (Å²) in [5.41, 5.74) is 9.84. The number of nitrogens with zero attached hydrogens (tertiary/aromatic N) is 2. The standard InChI is InChI=1S/C22H35N5O/c1-22(2,3)26-20(28)15-27-11-9-16(10-12-27)14-24-21(23)25-19-8-7-17-5-4-6-18(17)13-19/h7-8,13,16H,4-6,9-12,14-15H2,1-3H3,(H,26,28)(H3,23,24,25). The molecule has 2 aliphatic rings. The fourth-order valence-electron chi connectivity index (χ4n) is 4.05. The van der Waals surface area contributed by atoms with Crippen LogP contribution in [-0.4, -0.2) is 48.5 Å². The number of fused-ring (bicyclic) bond motifs is 1. The molecule has 1 fully saturated rings. The van der Waals surface area contributed by atoms with Crippen molar-refractivity contribution in [3.63, 3.8) is 0 Å². The van der Waals surface area contributed by atoms with E-state index in [9.17, 15) is 4.79 Å². The van der Waals surface area contributed by atoms with Crippen molar-refractivity contribution in [3.05, 3.63) is 29.3 Å². The number of rotatable bonds is 5. The highest BCUT2D eigenvalue weighted by Gasteiger charge is 2.22. The Labute approximate surface area is 169 Å². The first-order chi connectivity index (χ1) is 13.3. The Balaban J connectivity index is 1.40. The molecule has 1 aliphatic carbocycles. The largest absolute Gasteiger partial charge is 0.370 e. The molecule has 1 amide bonds. The second kappa shape index (κ2) is 8.95. The highest BCUT2D eigenvalue weighted by Crippen LogP contribution is 2.24. The average molecular weight is 386 g/mol. The van der Waals surface area contributed by atoms with Crippen molar-refractivity contribution in [2.75, 3.05) is 31.5 Å². The third kappa shape index (κ3) is 6.23. The van der Waals surface area contributed by atoms with E-state index in [1.165, 1.54) is 24.0 Å². The lowest BCUT2D eigenvalue weighted by atomic mass is 9.97. The van der Waals surface area contributed by atoms with Gasteiger partial charge < -0.3 is 16.4 Å². The van der Waals surface area contributed by atoms with E-state index in [2.05, 4.69) is 38.7 Å². The summed E-state index contributed by atoms with van der Waals surface area (Å²) in [6, 6.07) is 6.49. The molecule has 1 aromatic carbocycles. The number of carbonyl (C=O) groups excluding carboxylic acids is 1. The van der Waals surface area contributed by atoms with Crippen molar-refractivity contribution in [2.24, 2.45) is 16.6 Å². The van der Waals surface area contributed by atoms with Gasteiger partial charge in [0, 0.05) is 17.8 Å². The average Bonchev–Trinajstić information content (AvgIpc) is 3.07. The Morgan fingerprint density at radius 3 is 2.64 bits per heavy atom. The second-order valence-electron chi connectivity index (χ2n) is 9.21. The van der Waals surface area contributed by atoms with Crippen molar-refractivity contribution in [1.82, 2.24) is 10.2 Å². The van der Waals surface area contributed by atoms with Crippen LogP contribution in [0.1, 0.15) is 51.2 Å². The summed E-state index contributed by atoms with van der Waals surface area (Å²) < 4.78 is 0. The molecule has 28 heavy (non-hydrogen) atoms. The Bertz CT molecular complexity index is 714. The van der Waals surface area contributed by atoms with E-state index in [-0.39, 0.29) is 11.4 Å². The minimum Gasteiger partial charge on any atom is -0.370 e. The number of anilines is 1. The van der Waals surface area contributed by atoms with E-state index in [1.54, 1.807) is 0 Å². The maximum atomic E-state index is 12.1. The first-order valence-corrected chi connectivity index (χ1v) is 10.5. The Morgan fingerprint density at radius 2 is 1.93 bits per heavy atom. The Kier molecular flexibility index (Phi) is 6.60. The van der Waals surface area contributed by atoms with Gasteiger partial charge in [-0.3, -0.25) is 14.7 Å². The summed E-state index contributed by atoms with van der Waals surface area (Å²) in [6.45, 7) is 9.13. The number of amides is 1. The monoisotopic (exact) mass is 385 g/mol. The van der Waals surface area contributed by atoms with Crippen LogP contribution in [0, 0.1) is 5.92 Å². The van der Waals surface area contributed by atoms with Crippen molar-refractivity contribution >= 4 is 17.6 Å². The summed E-state index contributed by atoms with van der Waals surface area (Å²) in [5, 5.41) is 6.26. The number of nitrogens with one attached hydrogen (secondary N) is 2. The van der Waals surface area contributed by atoms with Crippen LogP contribution in [0.15, 0.2) is 23.2 Å². The van der Waals surface area contributed by atoms with Crippen LogP contribution in [0.5, 0.6) is 0 Å². The molecular formula is C22H35N5O. The van der Waals surface area contributed by atoms with Crippen LogP contribution in [0.25, 0.3) is 0 Å². The van der Waals surface area contributed by atoms with E-state index < -0.39 is 0 Å². The lowest BCUT2D eigenvalue weighted by Gasteiger charge is -2.31. The minimum atomic E-state index is -0.173. The Morgan fingerprint density at radius 1 is 1.21 bits per heavy atom. The van der Waals surface area contributed by atoms with E-state index in [4.69, 9.17) is 5.73 Å². The summed E-state index contributed by atoms with van der Waals surface area (Å²) in [6.07, 6.45) is 5.71. The molecule has 6 nitrogen and oxygen atoms in total. The van der Waals surface area contributed by atoms with Crippen LogP contribution in [0.3, 0.4) is 0 Å². The molecular weight excluding hydrogens is 350 g/mol. The molecule has 0 spiro atoms. The van der Waals surface area contributed by atoms with Gasteiger partial charge in [0.2, 0.25) is 5.91 Å². The number of carbonyl (C=O) groups is 1. The first-order valence-electron chi connectivity index (χ1n) is 10.5. The predicted molar refractivity (Wildman–Crippen MR) is 116 cm³/mol. The fourth-order valence-corrected chi connectivity index (χ4v) is 4.05. The quantitative estimate of drug-likeness (QED) is 0.537. The topological polar surface area (TPSA) is 82.8 Å². The molecule has 1 saturated heterocycles. The molecule has 4 N–H and O–H groups in total. The van der Waals surface area contributed by atoms with E-state index in [0.717, 1.165) is 44.6 Å². The molecule has 6 heteroatoms. The molecule has 0 radical (unpaired) electrons. The number of hydrogen-bond acceptors (Lipinski definition) is 3. The van der Waals surface area contributed by atoms with Gasteiger partial charge in [-0.05, 0) is 95.1 Å². The molecule has 0 saturated carbocycles. The van der Waals surface area contributed by atoms with Crippen molar-refractivity contribution in [1.29, 1.82) is 0 Å². The lowest BCUT2D eigenvalue weighted by Crippen LogP contribution is -2.47. The van der Waals surface area contributed by atoms with Gasteiger partial charge in [0.25, 0.3) is 0 Å². The predicted octanol–water partition coefficient (Wildman–Crippen LogP) is 2.53. The zero-order valence-electron chi connectivity index (χ0n) is 17.6. The van der Waals surface area contributed by atoms with Gasteiger partial charge in [-0.15, -0.1) is 0 Å². The van der Waals surface area contributed by atoms with E-state index in [1.807, 2.05) is 20.8 Å². The summed E-state index contributed by atoms with van der Waals surface area (Å²) in [4.78, 5) is 18.9. The third-order valence-corrected chi connectivity index (χ3v) is 5.48. The van der Waals surface area contributed by atoms with Crippen LogP contribution < -0.4 is 16.4 Å². The number of guanidine groups is 1. The number of piperidine rings is 1. The SMILES string of the molecule is CC(C)(C)NC(=O)CN1CCC(CN=C(N)Nc2ccc3c(c2)CCC3)CC1. The van der Waals surface area contributed by atoms with Crippen LogP contribution >= 0.6 is 0 Å². The van der Waals surface area contributed by atoms with Crippen molar-refractivity contribution in [2.45, 2.75) is 58.4 Å². The minimum absolute atomic E-state index is 0.103. The molecule has 0 bridgehead atoms. The molecule has 1 heterocycles. The van der Waals surface area contributed by atoms with Crippen LogP contribution in [0.4, 0.5) is 5.69 Å². The number of benzene rings is 1. The molecule has 0 unspecified atom stereocenters. The highest BCUT2D eigenvalue weighted by atomic mass is 16.2. The van der Waals surface area contributed by atoms with Gasteiger partial charge in [0.15, 0.2) is 5.96 Å². The van der Waals surface area contributed by atoms with Gasteiger partial charge in [0.1, 0.15) is 0 Å². The molecule has 0 atom stereocenters. The lowest BCUT2D eigenvalue weighted by molar-refractivity contribution is -0.124. The number of aliphatic imine (C=N–C) groups is 1. The first kappa shape index (κ1) is 20.6. The summed E-state index contributed by atoms with van der Waals surface area (Å²) in [7, 11) is 0. The molecule has 1 aliphatic heterocycles. The molecule has 0 aromatic heterocycles. The number of nitrogens with two attached hydrogens (primary N) is 1. The third-order valence-electron chi connectivity index (χ3n) is 5.48. The van der Waals surface area contributed by atoms with Gasteiger partial charge in [-0.2, -0.15) is 0 Å². The maximum Gasteiger partial charge on any atom is 0.234 e. The number of likely N-dealkylation sites (tertiary alicyclic amines) is 1. The van der Waals surface area contributed by atoms with Gasteiger partial charge in [-0.1, -0.05) is 6.07 Å². The number of hydrogen-bond donors (Lipinski definition) is 3. The molecule has 3 rings (SSSR count). The van der Waals surface area contributed by atoms with E-state index >= 15 is 0 Å². The van der Waals surface area contributed by atoms with Gasteiger partial charge in [-0.25, -0.2) is 0 Å². The highest BCUT2D eigenvalue weighted by molar-refractivity contribution is 5.92. The van der Waals surface area contributed by atoms with Gasteiger partial charge >= 0.3 is 0 Å². The molecule has 1 aromatic rings. The zero-order chi connectivity index (χ0) is 20.1. The summed E-state index contributed by atoms with van der Waals surface area (Å²) >= 11 is 0. The normalized spacial score (nSPS) is 18.8. The van der Waals surface area contributed by atoms with Crippen molar-refractivity contribution < 1.29 is 4.79 Å². The Hall–Kier alpha value is -2.08. The fraction of sp³-hybridized carbons (Fsp3) is 0.636. The smallest absolute Gasteiger partial charge is 0.234 e. The maximum absolute atomic E-state index is 12.1. The van der Waals surface area contributed by atoms with Crippen LogP contribution in [0.2, 0.25) is 0 Å².